The van der Waals surface area contributed by atoms with Crippen LogP contribution in [-0.4, -0.2) is 44.4 Å². The highest BCUT2D eigenvalue weighted by Gasteiger charge is 2.15. The number of carbonyl (C=O) groups is 1. The largest absolute Gasteiger partial charge is 0.444 e. The first-order valence-electron chi connectivity index (χ1n) is 10.2. The third kappa shape index (κ3) is 5.56. The lowest BCUT2D eigenvalue weighted by atomic mass is 10.2. The Morgan fingerprint density at radius 2 is 1.79 bits per heavy atom. The molecule has 0 radical (unpaired) electrons. The first-order valence-corrected chi connectivity index (χ1v) is 10.2. The van der Waals surface area contributed by atoms with E-state index >= 15 is 0 Å². The maximum Gasteiger partial charge on any atom is 0.407 e. The van der Waals surface area contributed by atoms with E-state index in [1.54, 1.807) is 0 Å². The summed E-state index contributed by atoms with van der Waals surface area (Å²) in [5.41, 5.74) is 2.22. The Hall–Kier alpha value is -2.90. The Morgan fingerprint density at radius 1 is 1.07 bits per heavy atom. The van der Waals surface area contributed by atoms with E-state index in [4.69, 9.17) is 9.72 Å². The summed E-state index contributed by atoms with van der Waals surface area (Å²) in [5.74, 6) is 1.61. The number of unbranched alkanes of at least 4 members (excludes halogenated alkanes) is 3. The van der Waals surface area contributed by atoms with E-state index in [2.05, 4.69) is 20.8 Å². The number of amides is 1. The Morgan fingerprint density at radius 3 is 2.55 bits per heavy atom. The quantitative estimate of drug-likeness (QED) is 0.555. The molecule has 0 saturated heterocycles. The average Bonchev–Trinajstić information content (AvgIpc) is 3.04. The van der Waals surface area contributed by atoms with Crippen molar-refractivity contribution in [1.29, 1.82) is 0 Å². The second-order valence-electron chi connectivity index (χ2n) is 8.13. The van der Waals surface area contributed by atoms with Crippen molar-refractivity contribution in [3.63, 3.8) is 0 Å². The fourth-order valence-electron chi connectivity index (χ4n) is 3.16. The number of hydrogen-bond acceptors (Lipinski definition) is 6. The number of rotatable bonds is 8. The lowest BCUT2D eigenvalue weighted by molar-refractivity contribution is 0.0527. The van der Waals surface area contributed by atoms with Crippen LogP contribution >= 0.6 is 0 Å². The van der Waals surface area contributed by atoms with Crippen molar-refractivity contribution in [2.45, 2.75) is 59.0 Å². The first kappa shape index (κ1) is 20.8. The molecular formula is C21H30N6O2. The van der Waals surface area contributed by atoms with Gasteiger partial charge < -0.3 is 15.4 Å². The van der Waals surface area contributed by atoms with Crippen molar-refractivity contribution in [1.82, 2.24) is 24.9 Å². The molecule has 8 nitrogen and oxygen atoms in total. The van der Waals surface area contributed by atoms with Gasteiger partial charge in [-0.2, -0.15) is 0 Å². The molecule has 0 aliphatic rings. The normalized spacial score (nSPS) is 11.7. The van der Waals surface area contributed by atoms with Gasteiger partial charge in [-0.15, -0.1) is 10.2 Å². The molecule has 3 aromatic rings. The number of carbonyl (C=O) groups excluding carboxylic acids is 1. The van der Waals surface area contributed by atoms with E-state index in [0.717, 1.165) is 60.6 Å². The minimum atomic E-state index is -0.457. The van der Waals surface area contributed by atoms with Crippen molar-refractivity contribution >= 4 is 28.6 Å². The van der Waals surface area contributed by atoms with Crippen LogP contribution in [0.25, 0.3) is 16.7 Å². The van der Waals surface area contributed by atoms with E-state index in [1.165, 1.54) is 0 Å². The Kier molecular flexibility index (Phi) is 6.51. The van der Waals surface area contributed by atoms with Crippen LogP contribution in [0.15, 0.2) is 24.3 Å². The molecule has 2 N–H and O–H groups in total. The van der Waals surface area contributed by atoms with Crippen LogP contribution in [-0.2, 0) is 4.74 Å². The first-order chi connectivity index (χ1) is 13.8. The van der Waals surface area contributed by atoms with E-state index < -0.39 is 5.60 Å². The number of aromatic nitrogens is 4. The predicted molar refractivity (Wildman–Crippen MR) is 114 cm³/mol. The molecule has 0 fully saturated rings. The van der Waals surface area contributed by atoms with Gasteiger partial charge in [0.15, 0.2) is 5.82 Å². The highest BCUT2D eigenvalue weighted by atomic mass is 16.6. The topological polar surface area (TPSA) is 93.4 Å². The zero-order chi connectivity index (χ0) is 20.9. The van der Waals surface area contributed by atoms with Crippen LogP contribution in [0.4, 0.5) is 10.6 Å². The highest BCUT2D eigenvalue weighted by molar-refractivity contribution is 5.82. The second kappa shape index (κ2) is 9.07. The van der Waals surface area contributed by atoms with Gasteiger partial charge in [0.1, 0.15) is 11.4 Å². The second-order valence-corrected chi connectivity index (χ2v) is 8.13. The van der Waals surface area contributed by atoms with Crippen LogP contribution in [0, 0.1) is 6.92 Å². The van der Waals surface area contributed by atoms with Gasteiger partial charge in [0.25, 0.3) is 0 Å². The van der Waals surface area contributed by atoms with Gasteiger partial charge in [-0.1, -0.05) is 25.0 Å². The Bertz CT molecular complexity index is 976. The zero-order valence-corrected chi connectivity index (χ0v) is 17.7. The van der Waals surface area contributed by atoms with E-state index in [9.17, 15) is 4.79 Å². The average molecular weight is 399 g/mol. The maximum absolute atomic E-state index is 11.6. The number of benzene rings is 1. The van der Waals surface area contributed by atoms with Crippen LogP contribution in [0.2, 0.25) is 0 Å². The van der Waals surface area contributed by atoms with Gasteiger partial charge in [0.05, 0.1) is 11.0 Å². The van der Waals surface area contributed by atoms with Crippen LogP contribution in [0.5, 0.6) is 0 Å². The van der Waals surface area contributed by atoms with Crippen molar-refractivity contribution in [3.8, 4) is 0 Å². The maximum atomic E-state index is 11.6. The fourth-order valence-corrected chi connectivity index (χ4v) is 3.16. The number of anilines is 1. The van der Waals surface area contributed by atoms with Gasteiger partial charge in [-0.25, -0.2) is 9.78 Å². The SMILES string of the molecule is Cc1nnc2c(NCCCCCCNC(=O)OC(C)(C)C)nc3ccccc3n12. The van der Waals surface area contributed by atoms with Crippen molar-refractivity contribution in [2.24, 2.45) is 0 Å². The molecule has 0 atom stereocenters. The number of fused-ring (bicyclic) bond motifs is 3. The molecule has 2 heterocycles. The van der Waals surface area contributed by atoms with Crippen LogP contribution < -0.4 is 10.6 Å². The minimum Gasteiger partial charge on any atom is -0.444 e. The Balaban J connectivity index is 1.43. The number of para-hydroxylation sites is 2. The molecule has 0 aliphatic carbocycles. The molecule has 29 heavy (non-hydrogen) atoms. The zero-order valence-electron chi connectivity index (χ0n) is 17.7. The number of nitrogens with zero attached hydrogens (tertiary/aromatic N) is 4. The van der Waals surface area contributed by atoms with Gasteiger partial charge in [-0.3, -0.25) is 4.40 Å². The Labute approximate surface area is 171 Å². The summed E-state index contributed by atoms with van der Waals surface area (Å²) in [6.07, 6.45) is 3.70. The smallest absolute Gasteiger partial charge is 0.407 e. The van der Waals surface area contributed by atoms with E-state index in [-0.39, 0.29) is 6.09 Å². The molecule has 0 bridgehead atoms. The molecule has 1 amide bonds. The number of nitrogens with one attached hydrogen (secondary N) is 2. The van der Waals surface area contributed by atoms with Gasteiger partial charge in [0.2, 0.25) is 5.65 Å². The predicted octanol–water partition coefficient (Wildman–Crippen LogP) is 4.08. The molecular weight excluding hydrogens is 368 g/mol. The summed E-state index contributed by atoms with van der Waals surface area (Å²) >= 11 is 0. The highest BCUT2D eigenvalue weighted by Crippen LogP contribution is 2.21. The van der Waals surface area contributed by atoms with Crippen LogP contribution in [0.3, 0.4) is 0 Å². The van der Waals surface area contributed by atoms with Crippen molar-refractivity contribution in [3.05, 3.63) is 30.1 Å². The molecule has 0 spiro atoms. The third-order valence-corrected chi connectivity index (χ3v) is 4.46. The van der Waals surface area contributed by atoms with Crippen LogP contribution in [0.1, 0.15) is 52.3 Å². The summed E-state index contributed by atoms with van der Waals surface area (Å²) in [6, 6.07) is 8.00. The lowest BCUT2D eigenvalue weighted by Gasteiger charge is -2.19. The summed E-state index contributed by atoms with van der Waals surface area (Å²) in [4.78, 5) is 16.3. The standard InChI is InChI=1S/C21H30N6O2/c1-15-25-26-19-18(24-16-11-7-8-12-17(16)27(15)19)22-13-9-5-6-10-14-23-20(28)29-21(2,3)4/h7-8,11-12H,5-6,9-10,13-14H2,1-4H3,(H,22,24)(H,23,28). The van der Waals surface area contributed by atoms with Crippen molar-refractivity contribution < 1.29 is 9.53 Å². The summed E-state index contributed by atoms with van der Waals surface area (Å²) in [5, 5.41) is 14.7. The number of aryl methyl sites for hydroxylation is 1. The minimum absolute atomic E-state index is 0.353. The summed E-state index contributed by atoms with van der Waals surface area (Å²) in [6.45, 7) is 8.97. The third-order valence-electron chi connectivity index (χ3n) is 4.46. The number of ether oxygens (including phenoxy) is 1. The van der Waals surface area contributed by atoms with Gasteiger partial charge >= 0.3 is 6.09 Å². The number of alkyl carbamates (subject to hydrolysis) is 1. The molecule has 1 aromatic carbocycles. The summed E-state index contributed by atoms with van der Waals surface area (Å²) in [7, 11) is 0. The molecule has 156 valence electrons. The fraction of sp³-hybridized carbons (Fsp3) is 0.524. The van der Waals surface area contributed by atoms with Gasteiger partial charge in [-0.05, 0) is 52.7 Å². The molecule has 0 unspecified atom stereocenters. The molecule has 3 rings (SSSR count). The summed E-state index contributed by atoms with van der Waals surface area (Å²) < 4.78 is 7.25. The molecule has 2 aromatic heterocycles. The molecule has 0 aliphatic heterocycles. The van der Waals surface area contributed by atoms with E-state index in [0.29, 0.717) is 6.54 Å². The van der Waals surface area contributed by atoms with Crippen molar-refractivity contribution in [2.75, 3.05) is 18.4 Å². The molecule has 0 saturated carbocycles. The number of hydrogen-bond donors (Lipinski definition) is 2. The molecule has 8 heteroatoms. The van der Waals surface area contributed by atoms with E-state index in [1.807, 2.05) is 56.4 Å². The monoisotopic (exact) mass is 398 g/mol. The van der Waals surface area contributed by atoms with Gasteiger partial charge in [0, 0.05) is 13.1 Å². The lowest BCUT2D eigenvalue weighted by Crippen LogP contribution is -2.32.